The summed E-state index contributed by atoms with van der Waals surface area (Å²) in [4.78, 5) is 5.69. The largest absolute Gasteiger partial charge is 0.356 e. The average Bonchev–Trinajstić information content (AvgIpc) is 3.37. The van der Waals surface area contributed by atoms with Crippen molar-refractivity contribution in [3.63, 3.8) is 0 Å². The Morgan fingerprint density at radius 1 is 1.19 bits per heavy atom. The Hall–Kier alpha value is -1.87. The number of benzene rings is 1. The highest BCUT2D eigenvalue weighted by Crippen LogP contribution is 2.19. The van der Waals surface area contributed by atoms with Gasteiger partial charge in [-0.25, -0.2) is 4.68 Å². The molecule has 0 aliphatic rings. The summed E-state index contributed by atoms with van der Waals surface area (Å²) in [6.07, 6.45) is 4.89. The second-order valence-electron chi connectivity index (χ2n) is 6.18. The predicted octanol–water partition coefficient (Wildman–Crippen LogP) is 4.06. The van der Waals surface area contributed by atoms with Crippen molar-refractivity contribution in [1.82, 2.24) is 20.4 Å². The topological polar surface area (TPSA) is 54.2 Å². The third-order valence-electron chi connectivity index (χ3n) is 4.19. The maximum atomic E-state index is 4.44. The van der Waals surface area contributed by atoms with Crippen molar-refractivity contribution in [2.45, 2.75) is 19.3 Å². The molecule has 2 heterocycles. The lowest BCUT2D eigenvalue weighted by molar-refractivity contribution is 0.707. The third kappa shape index (κ3) is 6.35. The van der Waals surface area contributed by atoms with Gasteiger partial charge >= 0.3 is 0 Å². The van der Waals surface area contributed by atoms with Gasteiger partial charge in [-0.05, 0) is 35.6 Å². The number of nitrogens with zero attached hydrogens (tertiary/aromatic N) is 3. The summed E-state index contributed by atoms with van der Waals surface area (Å²) >= 11 is 1.80. The van der Waals surface area contributed by atoms with Crippen LogP contribution in [0.3, 0.4) is 0 Å². The standard InChI is InChI=1S/C20H25N5S.HI/c1-16(19-9-6-12-26-19)13-23-20(21-2)22-11-10-17-14-24-25(15-17)18-7-4-3-5-8-18;/h3-9,12,14-16H,10-11,13H2,1-2H3,(H2,21,22,23);1H. The maximum Gasteiger partial charge on any atom is 0.191 e. The Labute approximate surface area is 181 Å². The Morgan fingerprint density at radius 3 is 2.70 bits per heavy atom. The van der Waals surface area contributed by atoms with Crippen molar-refractivity contribution in [1.29, 1.82) is 0 Å². The summed E-state index contributed by atoms with van der Waals surface area (Å²) in [5.74, 6) is 1.31. The van der Waals surface area contributed by atoms with Crippen LogP contribution in [0.5, 0.6) is 0 Å². The highest BCUT2D eigenvalue weighted by atomic mass is 127. The van der Waals surface area contributed by atoms with Crippen molar-refractivity contribution >= 4 is 41.3 Å². The van der Waals surface area contributed by atoms with Crippen molar-refractivity contribution in [3.05, 3.63) is 70.7 Å². The van der Waals surface area contributed by atoms with Gasteiger partial charge in [0.15, 0.2) is 5.96 Å². The quantitative estimate of drug-likeness (QED) is 0.295. The van der Waals surface area contributed by atoms with Crippen LogP contribution in [0.15, 0.2) is 65.2 Å². The Morgan fingerprint density at radius 2 is 2.00 bits per heavy atom. The van der Waals surface area contributed by atoms with Gasteiger partial charge in [0.1, 0.15) is 0 Å². The number of hydrogen-bond donors (Lipinski definition) is 2. The molecule has 0 fully saturated rings. The van der Waals surface area contributed by atoms with Crippen molar-refractivity contribution in [2.75, 3.05) is 20.1 Å². The number of para-hydroxylation sites is 1. The molecule has 3 aromatic rings. The van der Waals surface area contributed by atoms with Gasteiger partial charge in [0, 0.05) is 37.1 Å². The molecular weight excluding hydrogens is 469 g/mol. The van der Waals surface area contributed by atoms with Crippen molar-refractivity contribution in [2.24, 2.45) is 4.99 Å². The van der Waals surface area contributed by atoms with E-state index in [4.69, 9.17) is 0 Å². The van der Waals surface area contributed by atoms with Gasteiger partial charge in [0.25, 0.3) is 0 Å². The summed E-state index contributed by atoms with van der Waals surface area (Å²) in [6.45, 7) is 3.91. The maximum absolute atomic E-state index is 4.44. The van der Waals surface area contributed by atoms with E-state index >= 15 is 0 Å². The van der Waals surface area contributed by atoms with E-state index in [1.807, 2.05) is 29.1 Å². The second-order valence-corrected chi connectivity index (χ2v) is 7.15. The average molecular weight is 495 g/mol. The summed E-state index contributed by atoms with van der Waals surface area (Å²) < 4.78 is 1.91. The van der Waals surface area contributed by atoms with Crippen LogP contribution in [0, 0.1) is 0 Å². The first-order chi connectivity index (χ1) is 12.8. The van der Waals surface area contributed by atoms with Gasteiger partial charge < -0.3 is 10.6 Å². The molecule has 27 heavy (non-hydrogen) atoms. The smallest absolute Gasteiger partial charge is 0.191 e. The normalized spacial score (nSPS) is 12.3. The molecule has 1 atom stereocenters. The van der Waals surface area contributed by atoms with Crippen LogP contribution in [0.2, 0.25) is 0 Å². The van der Waals surface area contributed by atoms with Gasteiger partial charge in [0.2, 0.25) is 0 Å². The first-order valence-corrected chi connectivity index (χ1v) is 9.71. The van der Waals surface area contributed by atoms with E-state index in [2.05, 4.69) is 63.5 Å². The zero-order valence-electron chi connectivity index (χ0n) is 15.6. The predicted molar refractivity (Wildman–Crippen MR) is 125 cm³/mol. The molecule has 1 aromatic carbocycles. The van der Waals surface area contributed by atoms with Gasteiger partial charge in [-0.1, -0.05) is 31.2 Å². The number of thiophene rings is 1. The molecule has 0 spiro atoms. The Bertz CT molecular complexity index is 814. The second kappa shape index (κ2) is 11.1. The number of hydrogen-bond acceptors (Lipinski definition) is 3. The minimum atomic E-state index is 0. The zero-order chi connectivity index (χ0) is 18.2. The monoisotopic (exact) mass is 495 g/mol. The van der Waals surface area contributed by atoms with Crippen LogP contribution in [0.4, 0.5) is 0 Å². The van der Waals surface area contributed by atoms with Crippen molar-refractivity contribution < 1.29 is 0 Å². The van der Waals surface area contributed by atoms with E-state index in [-0.39, 0.29) is 24.0 Å². The number of aliphatic imine (C=N–C) groups is 1. The molecule has 0 aliphatic carbocycles. The minimum Gasteiger partial charge on any atom is -0.356 e. The van der Waals surface area contributed by atoms with E-state index in [0.29, 0.717) is 5.92 Å². The summed E-state index contributed by atoms with van der Waals surface area (Å²) in [5.41, 5.74) is 2.27. The molecule has 0 bridgehead atoms. The fourth-order valence-corrected chi connectivity index (χ4v) is 3.47. The SMILES string of the molecule is CN=C(NCCc1cnn(-c2ccccc2)c1)NCC(C)c1cccs1.I. The van der Waals surface area contributed by atoms with Gasteiger partial charge in [-0.3, -0.25) is 4.99 Å². The zero-order valence-corrected chi connectivity index (χ0v) is 18.8. The van der Waals surface area contributed by atoms with E-state index in [1.54, 1.807) is 18.4 Å². The van der Waals surface area contributed by atoms with E-state index in [9.17, 15) is 0 Å². The van der Waals surface area contributed by atoms with Crippen LogP contribution in [0.25, 0.3) is 5.69 Å². The molecule has 0 amide bonds. The molecule has 144 valence electrons. The molecule has 2 N–H and O–H groups in total. The van der Waals surface area contributed by atoms with E-state index in [0.717, 1.165) is 31.2 Å². The molecule has 0 aliphatic heterocycles. The van der Waals surface area contributed by atoms with Crippen LogP contribution < -0.4 is 10.6 Å². The van der Waals surface area contributed by atoms with Crippen LogP contribution in [-0.2, 0) is 6.42 Å². The van der Waals surface area contributed by atoms with E-state index < -0.39 is 0 Å². The summed E-state index contributed by atoms with van der Waals surface area (Å²) in [6, 6.07) is 14.4. The van der Waals surface area contributed by atoms with Crippen LogP contribution in [-0.4, -0.2) is 35.9 Å². The fourth-order valence-electron chi connectivity index (χ4n) is 2.68. The molecule has 5 nitrogen and oxygen atoms in total. The molecule has 0 saturated heterocycles. The Balaban J connectivity index is 0.00000261. The van der Waals surface area contributed by atoms with Gasteiger partial charge in [-0.15, -0.1) is 35.3 Å². The molecule has 0 saturated carbocycles. The van der Waals surface area contributed by atoms with Crippen LogP contribution >= 0.6 is 35.3 Å². The highest BCUT2D eigenvalue weighted by molar-refractivity contribution is 14.0. The van der Waals surface area contributed by atoms with E-state index in [1.165, 1.54) is 10.4 Å². The molecule has 1 unspecified atom stereocenters. The lowest BCUT2D eigenvalue weighted by Gasteiger charge is -2.15. The number of guanidine groups is 1. The van der Waals surface area contributed by atoms with Gasteiger partial charge in [0.05, 0.1) is 11.9 Å². The molecule has 2 aromatic heterocycles. The van der Waals surface area contributed by atoms with Crippen molar-refractivity contribution in [3.8, 4) is 5.69 Å². The van der Waals surface area contributed by atoms with Crippen LogP contribution in [0.1, 0.15) is 23.3 Å². The number of nitrogens with one attached hydrogen (secondary N) is 2. The molecule has 7 heteroatoms. The lowest BCUT2D eigenvalue weighted by Crippen LogP contribution is -2.39. The molecule has 0 radical (unpaired) electrons. The summed E-state index contributed by atoms with van der Waals surface area (Å²) in [7, 11) is 1.80. The number of halogens is 1. The van der Waals surface area contributed by atoms with Gasteiger partial charge in [-0.2, -0.15) is 5.10 Å². The Kier molecular flexibility index (Phi) is 8.80. The first kappa shape index (κ1) is 21.4. The molecule has 3 rings (SSSR count). The number of rotatable bonds is 7. The number of aromatic nitrogens is 2. The third-order valence-corrected chi connectivity index (χ3v) is 5.29. The lowest BCUT2D eigenvalue weighted by atomic mass is 10.1. The minimum absolute atomic E-state index is 0. The first-order valence-electron chi connectivity index (χ1n) is 8.83. The summed E-state index contributed by atoms with van der Waals surface area (Å²) in [5, 5.41) is 13.3. The highest BCUT2D eigenvalue weighted by Gasteiger charge is 2.07. The molecular formula is C20H26IN5S. The fraction of sp³-hybridized carbons (Fsp3) is 0.300.